The predicted octanol–water partition coefficient (Wildman–Crippen LogP) is 0.816. The van der Waals surface area contributed by atoms with Crippen molar-refractivity contribution in [2.75, 3.05) is 20.6 Å². The molecule has 3 N–H and O–H groups in total. The van der Waals surface area contributed by atoms with E-state index in [1.807, 2.05) is 19.1 Å². The molecule has 0 fully saturated rings. The molecule has 74 valence electrons. The summed E-state index contributed by atoms with van der Waals surface area (Å²) in [4.78, 5) is 0. The molecule has 0 heterocycles. The van der Waals surface area contributed by atoms with Gasteiger partial charge in [-0.15, -0.1) is 0 Å². The van der Waals surface area contributed by atoms with Gasteiger partial charge in [0.25, 0.3) is 0 Å². The molecule has 1 atom stereocenters. The summed E-state index contributed by atoms with van der Waals surface area (Å²) in [7, 11) is 3.99. The monoisotopic (exact) mass is 173 g/mol. The first kappa shape index (κ1) is 11.9. The summed E-state index contributed by atoms with van der Waals surface area (Å²) in [6.45, 7) is 7.26. The maximum absolute atomic E-state index is 5.71. The van der Waals surface area contributed by atoms with Crippen molar-refractivity contribution >= 4 is 0 Å². The molecule has 3 nitrogen and oxygen atoms in total. The van der Waals surface area contributed by atoms with Gasteiger partial charge in [-0.3, -0.25) is 5.01 Å². The average Bonchev–Trinajstić information content (AvgIpc) is 1.83. The van der Waals surface area contributed by atoms with E-state index in [1.165, 1.54) is 0 Å². The molecule has 1 unspecified atom stereocenters. The van der Waals surface area contributed by atoms with Crippen molar-refractivity contribution in [3.63, 3.8) is 0 Å². The van der Waals surface area contributed by atoms with Gasteiger partial charge in [-0.2, -0.15) is 0 Å². The van der Waals surface area contributed by atoms with Crippen molar-refractivity contribution in [3.8, 4) is 0 Å². The first-order valence-corrected chi connectivity index (χ1v) is 4.55. The molecule has 0 aliphatic carbocycles. The van der Waals surface area contributed by atoms with Crippen LogP contribution in [0.2, 0.25) is 0 Å². The summed E-state index contributed by atoms with van der Waals surface area (Å²) < 4.78 is 0. The minimum Gasteiger partial charge on any atom is -0.329 e. The second-order valence-electron chi connectivity index (χ2n) is 4.37. The first-order valence-electron chi connectivity index (χ1n) is 4.55. The van der Waals surface area contributed by atoms with Gasteiger partial charge in [0, 0.05) is 26.2 Å². The molecule has 0 saturated carbocycles. The lowest BCUT2D eigenvalue weighted by Crippen LogP contribution is -2.54. The molecule has 0 aromatic carbocycles. The highest BCUT2D eigenvalue weighted by Gasteiger charge is 2.23. The van der Waals surface area contributed by atoms with Crippen LogP contribution in [0.4, 0.5) is 0 Å². The molecule has 0 rings (SSSR count). The van der Waals surface area contributed by atoms with Crippen LogP contribution in [0.3, 0.4) is 0 Å². The van der Waals surface area contributed by atoms with Gasteiger partial charge in [0.05, 0.1) is 0 Å². The van der Waals surface area contributed by atoms with Crippen LogP contribution < -0.4 is 11.2 Å². The van der Waals surface area contributed by atoms with Gasteiger partial charge in [0.1, 0.15) is 0 Å². The summed E-state index contributed by atoms with van der Waals surface area (Å²) in [5, 5.41) is 1.97. The number of nitrogens with zero attached hydrogens (tertiary/aromatic N) is 1. The summed E-state index contributed by atoms with van der Waals surface area (Å²) in [5.41, 5.74) is 9.10. The molecule has 0 amide bonds. The zero-order valence-corrected chi connectivity index (χ0v) is 9.02. The minimum atomic E-state index is 0.0394. The smallest absolute Gasteiger partial charge is 0.0422 e. The first-order chi connectivity index (χ1) is 5.39. The van der Waals surface area contributed by atoms with E-state index in [2.05, 4.69) is 26.2 Å². The second-order valence-corrected chi connectivity index (χ2v) is 4.37. The molecular formula is C9H23N3. The summed E-state index contributed by atoms with van der Waals surface area (Å²) in [5.74, 6) is 0.672. The molecule has 12 heavy (non-hydrogen) atoms. The Hall–Kier alpha value is -0.120. The van der Waals surface area contributed by atoms with Crippen LogP contribution in [0.1, 0.15) is 27.2 Å². The average molecular weight is 173 g/mol. The number of nitrogens with one attached hydrogen (secondary N) is 1. The highest BCUT2D eigenvalue weighted by atomic mass is 15.5. The highest BCUT2D eigenvalue weighted by Crippen LogP contribution is 2.14. The second kappa shape index (κ2) is 4.80. The van der Waals surface area contributed by atoms with Crippen molar-refractivity contribution < 1.29 is 0 Å². The molecule has 0 radical (unpaired) electrons. The van der Waals surface area contributed by atoms with Crippen molar-refractivity contribution in [3.05, 3.63) is 0 Å². The Labute approximate surface area is 76.3 Å². The van der Waals surface area contributed by atoms with E-state index < -0.39 is 0 Å². The highest BCUT2D eigenvalue weighted by molar-refractivity contribution is 4.83. The lowest BCUT2D eigenvalue weighted by Gasteiger charge is -2.34. The number of nitrogens with two attached hydrogens (primary N) is 1. The zero-order chi connectivity index (χ0) is 9.78. The van der Waals surface area contributed by atoms with E-state index >= 15 is 0 Å². The minimum absolute atomic E-state index is 0.0394. The number of rotatable bonds is 5. The molecule has 0 aliphatic rings. The number of hydrogen-bond acceptors (Lipinski definition) is 3. The van der Waals surface area contributed by atoms with Gasteiger partial charge in [-0.1, -0.05) is 13.8 Å². The van der Waals surface area contributed by atoms with Gasteiger partial charge in [0.2, 0.25) is 0 Å². The van der Waals surface area contributed by atoms with Gasteiger partial charge in [-0.05, 0) is 19.3 Å². The summed E-state index contributed by atoms with van der Waals surface area (Å²) in [6, 6.07) is 0. The van der Waals surface area contributed by atoms with Crippen molar-refractivity contribution in [1.82, 2.24) is 10.4 Å². The fourth-order valence-corrected chi connectivity index (χ4v) is 1.62. The Morgan fingerprint density at radius 2 is 1.92 bits per heavy atom. The molecular weight excluding hydrogens is 150 g/mol. The van der Waals surface area contributed by atoms with Crippen LogP contribution in [-0.2, 0) is 0 Å². The van der Waals surface area contributed by atoms with E-state index in [4.69, 9.17) is 5.73 Å². The number of hydrazine groups is 1. The predicted molar refractivity (Wildman–Crippen MR) is 53.7 cm³/mol. The van der Waals surface area contributed by atoms with Gasteiger partial charge >= 0.3 is 0 Å². The lowest BCUT2D eigenvalue weighted by molar-refractivity contribution is 0.154. The lowest BCUT2D eigenvalue weighted by atomic mass is 9.91. The SMILES string of the molecule is CC(C)CC(C)(CN)NN(C)C. The van der Waals surface area contributed by atoms with Crippen LogP contribution in [0, 0.1) is 5.92 Å². The number of hydrogen-bond donors (Lipinski definition) is 2. The van der Waals surface area contributed by atoms with E-state index in [1.54, 1.807) is 0 Å². The Morgan fingerprint density at radius 3 is 2.17 bits per heavy atom. The maximum atomic E-state index is 5.71. The van der Waals surface area contributed by atoms with Crippen LogP contribution >= 0.6 is 0 Å². The van der Waals surface area contributed by atoms with Crippen LogP contribution in [-0.4, -0.2) is 31.2 Å². The van der Waals surface area contributed by atoms with Gasteiger partial charge < -0.3 is 5.73 Å². The topological polar surface area (TPSA) is 41.3 Å². The molecule has 3 heteroatoms. The van der Waals surface area contributed by atoms with Crippen LogP contribution in [0.15, 0.2) is 0 Å². The third-order valence-electron chi connectivity index (χ3n) is 1.80. The Morgan fingerprint density at radius 1 is 1.42 bits per heavy atom. The fraction of sp³-hybridized carbons (Fsp3) is 1.00. The molecule has 0 aromatic heterocycles. The standard InChI is InChI=1S/C9H23N3/c1-8(2)6-9(3,7-10)11-12(4)5/h8,11H,6-7,10H2,1-5H3. The summed E-state index contributed by atoms with van der Waals surface area (Å²) in [6.07, 6.45) is 1.10. The summed E-state index contributed by atoms with van der Waals surface area (Å²) >= 11 is 0. The molecule has 0 spiro atoms. The Bertz CT molecular complexity index is 111. The Kier molecular flexibility index (Phi) is 4.75. The quantitative estimate of drug-likeness (QED) is 0.605. The van der Waals surface area contributed by atoms with Gasteiger partial charge in [0.15, 0.2) is 0 Å². The third kappa shape index (κ3) is 4.70. The third-order valence-corrected chi connectivity index (χ3v) is 1.80. The van der Waals surface area contributed by atoms with Crippen LogP contribution in [0.5, 0.6) is 0 Å². The molecule has 0 saturated heterocycles. The Balaban J connectivity index is 4.04. The zero-order valence-electron chi connectivity index (χ0n) is 9.02. The fourth-order valence-electron chi connectivity index (χ4n) is 1.62. The van der Waals surface area contributed by atoms with Crippen molar-refractivity contribution in [2.45, 2.75) is 32.7 Å². The molecule has 0 aromatic rings. The van der Waals surface area contributed by atoms with Gasteiger partial charge in [-0.25, -0.2) is 5.43 Å². The van der Waals surface area contributed by atoms with Crippen molar-refractivity contribution in [2.24, 2.45) is 11.7 Å². The van der Waals surface area contributed by atoms with Crippen LogP contribution in [0.25, 0.3) is 0 Å². The van der Waals surface area contributed by atoms with E-state index in [0.717, 1.165) is 6.42 Å². The normalized spacial score (nSPS) is 17.0. The van der Waals surface area contributed by atoms with E-state index in [-0.39, 0.29) is 5.54 Å². The molecule has 0 bridgehead atoms. The van der Waals surface area contributed by atoms with Crippen molar-refractivity contribution in [1.29, 1.82) is 0 Å². The van der Waals surface area contributed by atoms with E-state index in [0.29, 0.717) is 12.5 Å². The molecule has 0 aliphatic heterocycles. The van der Waals surface area contributed by atoms with E-state index in [9.17, 15) is 0 Å². The maximum Gasteiger partial charge on any atom is 0.0422 e. The largest absolute Gasteiger partial charge is 0.329 e.